The van der Waals surface area contributed by atoms with Crippen molar-refractivity contribution in [1.29, 1.82) is 0 Å². The number of aryl methyl sites for hydroxylation is 1. The summed E-state index contributed by atoms with van der Waals surface area (Å²) in [7, 11) is 6.31. The van der Waals surface area contributed by atoms with Crippen molar-refractivity contribution in [3.8, 4) is 0 Å². The van der Waals surface area contributed by atoms with Crippen molar-refractivity contribution in [3.63, 3.8) is 0 Å². The normalized spacial score (nSPS) is 10.9. The van der Waals surface area contributed by atoms with E-state index in [1.54, 1.807) is 0 Å². The average Bonchev–Trinajstić information content (AvgIpc) is 2.76. The molecule has 0 aliphatic carbocycles. The van der Waals surface area contributed by atoms with Gasteiger partial charge in [-0.3, -0.25) is 0 Å². The highest BCUT2D eigenvalue weighted by atomic mass is 15.1. The molecule has 0 spiro atoms. The van der Waals surface area contributed by atoms with Crippen LogP contribution in [0.4, 0.5) is 5.69 Å². The largest absolute Gasteiger partial charge is 0.377 e. The Morgan fingerprint density at radius 1 is 0.900 bits per heavy atom. The number of hydrogen-bond donors (Lipinski definition) is 0. The van der Waals surface area contributed by atoms with Crippen LogP contribution in [0.2, 0.25) is 0 Å². The van der Waals surface area contributed by atoms with Gasteiger partial charge in [0.15, 0.2) is 0 Å². The minimum absolute atomic E-state index is 0.968. The number of anilines is 1. The van der Waals surface area contributed by atoms with Crippen LogP contribution in [-0.2, 0) is 13.5 Å². The minimum Gasteiger partial charge on any atom is -0.377 e. The summed E-state index contributed by atoms with van der Waals surface area (Å²) < 4.78 is 2.21. The fourth-order valence-electron chi connectivity index (χ4n) is 2.87. The molecule has 0 saturated carbocycles. The fourth-order valence-corrected chi connectivity index (χ4v) is 2.87. The van der Waals surface area contributed by atoms with Gasteiger partial charge in [0.25, 0.3) is 0 Å². The monoisotopic (exact) mass is 264 g/mol. The summed E-state index contributed by atoms with van der Waals surface area (Å²) in [4.78, 5) is 2.18. The van der Waals surface area contributed by atoms with E-state index in [9.17, 15) is 0 Å². The van der Waals surface area contributed by atoms with Gasteiger partial charge in [-0.05, 0) is 23.3 Å². The Hall–Kier alpha value is -2.22. The van der Waals surface area contributed by atoms with E-state index in [4.69, 9.17) is 0 Å². The van der Waals surface area contributed by atoms with Crippen LogP contribution in [0.1, 0.15) is 11.1 Å². The summed E-state index contributed by atoms with van der Waals surface area (Å²) in [6.45, 7) is 0. The van der Waals surface area contributed by atoms with Crippen molar-refractivity contribution in [2.24, 2.45) is 7.05 Å². The van der Waals surface area contributed by atoms with Crippen LogP contribution in [0, 0.1) is 0 Å². The molecular weight excluding hydrogens is 244 g/mol. The highest BCUT2D eigenvalue weighted by Gasteiger charge is 2.09. The predicted molar refractivity (Wildman–Crippen MR) is 86.5 cm³/mol. The van der Waals surface area contributed by atoms with Gasteiger partial charge in [0.2, 0.25) is 0 Å². The third-order valence-corrected chi connectivity index (χ3v) is 3.83. The molecule has 20 heavy (non-hydrogen) atoms. The molecule has 2 heteroatoms. The number of hydrogen-bond acceptors (Lipinski definition) is 1. The van der Waals surface area contributed by atoms with Crippen LogP contribution in [0.5, 0.6) is 0 Å². The molecule has 1 heterocycles. The van der Waals surface area contributed by atoms with Crippen molar-refractivity contribution >= 4 is 16.6 Å². The molecule has 3 rings (SSSR count). The van der Waals surface area contributed by atoms with Gasteiger partial charge in [-0.15, -0.1) is 0 Å². The quantitative estimate of drug-likeness (QED) is 0.698. The molecule has 2 nitrogen and oxygen atoms in total. The Bertz CT molecular complexity index is 738. The second kappa shape index (κ2) is 5.04. The summed E-state index contributed by atoms with van der Waals surface area (Å²) in [5.74, 6) is 0. The van der Waals surface area contributed by atoms with Gasteiger partial charge in [-0.1, -0.05) is 36.4 Å². The average molecular weight is 264 g/mol. The van der Waals surface area contributed by atoms with Gasteiger partial charge >= 0.3 is 0 Å². The van der Waals surface area contributed by atoms with E-state index in [1.807, 2.05) is 0 Å². The first-order chi connectivity index (χ1) is 9.66. The topological polar surface area (TPSA) is 8.17 Å². The number of aromatic nitrogens is 1. The molecule has 0 fully saturated rings. The number of nitrogens with zero attached hydrogens (tertiary/aromatic N) is 2. The fraction of sp³-hybridized carbons (Fsp3) is 0.222. The van der Waals surface area contributed by atoms with Crippen molar-refractivity contribution < 1.29 is 0 Å². The summed E-state index contributed by atoms with van der Waals surface area (Å²) in [5, 5.41) is 1.35. The summed E-state index contributed by atoms with van der Waals surface area (Å²) >= 11 is 0. The zero-order chi connectivity index (χ0) is 14.1. The Kier molecular flexibility index (Phi) is 3.23. The van der Waals surface area contributed by atoms with E-state index >= 15 is 0 Å². The summed E-state index contributed by atoms with van der Waals surface area (Å²) in [5.41, 5.74) is 5.34. The van der Waals surface area contributed by atoms with E-state index in [0.29, 0.717) is 0 Å². The van der Waals surface area contributed by atoms with Crippen LogP contribution >= 0.6 is 0 Å². The second-order valence-electron chi connectivity index (χ2n) is 5.48. The molecular formula is C18H20N2. The minimum atomic E-state index is 0.968. The highest BCUT2D eigenvalue weighted by molar-refractivity contribution is 5.84. The SMILES string of the molecule is CN(C)c1ccccc1Cc1cn(C)c2ccccc12. The zero-order valence-electron chi connectivity index (χ0n) is 12.3. The second-order valence-corrected chi connectivity index (χ2v) is 5.48. The van der Waals surface area contributed by atoms with Crippen LogP contribution in [0.25, 0.3) is 10.9 Å². The molecule has 0 bridgehead atoms. The lowest BCUT2D eigenvalue weighted by Crippen LogP contribution is -2.11. The molecule has 2 aromatic carbocycles. The molecule has 0 N–H and O–H groups in total. The van der Waals surface area contributed by atoms with E-state index in [-0.39, 0.29) is 0 Å². The molecule has 0 aliphatic heterocycles. The Balaban J connectivity index is 2.06. The summed E-state index contributed by atoms with van der Waals surface area (Å²) in [6.07, 6.45) is 3.22. The van der Waals surface area contributed by atoms with Crippen molar-refractivity contribution in [3.05, 3.63) is 65.9 Å². The first-order valence-corrected chi connectivity index (χ1v) is 6.95. The molecule has 1 aromatic heterocycles. The maximum atomic E-state index is 2.25. The molecule has 102 valence electrons. The lowest BCUT2D eigenvalue weighted by atomic mass is 10.0. The smallest absolute Gasteiger partial charge is 0.0480 e. The van der Waals surface area contributed by atoms with Crippen LogP contribution < -0.4 is 4.90 Å². The molecule has 0 aliphatic rings. The molecule has 3 aromatic rings. The first kappa shape index (κ1) is 12.8. The van der Waals surface area contributed by atoms with E-state index in [1.165, 1.54) is 27.7 Å². The predicted octanol–water partition coefficient (Wildman–Crippen LogP) is 3.84. The van der Waals surface area contributed by atoms with Crippen LogP contribution in [0.15, 0.2) is 54.7 Å². The number of benzene rings is 2. The molecule has 0 saturated heterocycles. The molecule has 0 amide bonds. The molecule has 0 unspecified atom stereocenters. The highest BCUT2D eigenvalue weighted by Crippen LogP contribution is 2.26. The number of fused-ring (bicyclic) bond motifs is 1. The van der Waals surface area contributed by atoms with E-state index < -0.39 is 0 Å². The Morgan fingerprint density at radius 3 is 2.40 bits per heavy atom. The van der Waals surface area contributed by atoms with Crippen molar-refractivity contribution in [1.82, 2.24) is 4.57 Å². The number of rotatable bonds is 3. The van der Waals surface area contributed by atoms with Crippen LogP contribution in [0.3, 0.4) is 0 Å². The lowest BCUT2D eigenvalue weighted by Gasteiger charge is -2.17. The van der Waals surface area contributed by atoms with Gasteiger partial charge in [0, 0.05) is 50.4 Å². The maximum Gasteiger partial charge on any atom is 0.0480 e. The van der Waals surface area contributed by atoms with Gasteiger partial charge in [-0.2, -0.15) is 0 Å². The van der Waals surface area contributed by atoms with Gasteiger partial charge < -0.3 is 9.47 Å². The van der Waals surface area contributed by atoms with Crippen molar-refractivity contribution in [2.45, 2.75) is 6.42 Å². The van der Waals surface area contributed by atoms with Crippen LogP contribution in [-0.4, -0.2) is 18.7 Å². The Labute approximate surface area is 120 Å². The third kappa shape index (κ3) is 2.18. The summed E-state index contributed by atoms with van der Waals surface area (Å²) in [6, 6.07) is 17.2. The number of para-hydroxylation sites is 2. The Morgan fingerprint density at radius 2 is 1.60 bits per heavy atom. The van der Waals surface area contributed by atoms with E-state index in [2.05, 4.69) is 85.3 Å². The third-order valence-electron chi connectivity index (χ3n) is 3.83. The maximum absolute atomic E-state index is 2.25. The first-order valence-electron chi connectivity index (χ1n) is 6.95. The molecule has 0 radical (unpaired) electrons. The standard InChI is InChI=1S/C18H20N2/c1-19(2)17-10-6-4-8-14(17)12-15-13-20(3)18-11-7-5-9-16(15)18/h4-11,13H,12H2,1-3H3. The molecule has 0 atom stereocenters. The lowest BCUT2D eigenvalue weighted by molar-refractivity contribution is 0.957. The van der Waals surface area contributed by atoms with E-state index in [0.717, 1.165) is 6.42 Å². The van der Waals surface area contributed by atoms with Gasteiger partial charge in [0.1, 0.15) is 0 Å². The van der Waals surface area contributed by atoms with Crippen molar-refractivity contribution in [2.75, 3.05) is 19.0 Å². The van der Waals surface area contributed by atoms with Gasteiger partial charge in [0.05, 0.1) is 0 Å². The zero-order valence-corrected chi connectivity index (χ0v) is 12.3. The van der Waals surface area contributed by atoms with Gasteiger partial charge in [-0.25, -0.2) is 0 Å².